The maximum absolute atomic E-state index is 12.9. The van der Waals surface area contributed by atoms with E-state index < -0.39 is 0 Å². The molecule has 4 heteroatoms. The molecular formula is C12H16FNO2. The average molecular weight is 225 g/mol. The summed E-state index contributed by atoms with van der Waals surface area (Å²) in [5, 5.41) is 3.12. The number of rotatable bonds is 5. The zero-order chi connectivity index (χ0) is 12.0. The predicted molar refractivity (Wildman–Crippen MR) is 59.3 cm³/mol. The van der Waals surface area contributed by atoms with Crippen LogP contribution in [0, 0.1) is 5.82 Å². The lowest BCUT2D eigenvalue weighted by atomic mass is 10.2. The van der Waals surface area contributed by atoms with Gasteiger partial charge in [-0.2, -0.15) is 0 Å². The van der Waals surface area contributed by atoms with Gasteiger partial charge in [0.25, 0.3) is 0 Å². The Labute approximate surface area is 94.6 Å². The third-order valence-corrected chi connectivity index (χ3v) is 2.24. The molecule has 0 aliphatic carbocycles. The highest BCUT2D eigenvalue weighted by Gasteiger charge is 2.08. The molecule has 0 bridgehead atoms. The summed E-state index contributed by atoms with van der Waals surface area (Å²) < 4.78 is 17.4. The average Bonchev–Trinajstić information content (AvgIpc) is 2.26. The molecular weight excluding hydrogens is 209 g/mol. The van der Waals surface area contributed by atoms with E-state index in [1.807, 2.05) is 13.0 Å². The Bertz CT molecular complexity index is 355. The van der Waals surface area contributed by atoms with Crippen molar-refractivity contribution in [3.8, 4) is 0 Å². The maximum atomic E-state index is 12.9. The minimum Gasteiger partial charge on any atom is -0.469 e. The van der Waals surface area contributed by atoms with Crippen LogP contribution >= 0.6 is 0 Å². The highest BCUT2D eigenvalue weighted by atomic mass is 19.1. The second-order valence-electron chi connectivity index (χ2n) is 3.69. The van der Waals surface area contributed by atoms with Crippen LogP contribution in [0.15, 0.2) is 24.3 Å². The van der Waals surface area contributed by atoms with E-state index >= 15 is 0 Å². The summed E-state index contributed by atoms with van der Waals surface area (Å²) in [4.78, 5) is 11.0. The van der Waals surface area contributed by atoms with Gasteiger partial charge in [-0.15, -0.1) is 0 Å². The summed E-state index contributed by atoms with van der Waals surface area (Å²) in [5.41, 5.74) is 0.858. The van der Waals surface area contributed by atoms with E-state index in [9.17, 15) is 9.18 Å². The largest absolute Gasteiger partial charge is 0.469 e. The predicted octanol–water partition coefficient (Wildman–Crippen LogP) is 1.87. The van der Waals surface area contributed by atoms with Gasteiger partial charge in [0.1, 0.15) is 5.82 Å². The lowest BCUT2D eigenvalue weighted by Gasteiger charge is -2.12. The van der Waals surface area contributed by atoms with Crippen molar-refractivity contribution in [3.05, 3.63) is 35.6 Å². The van der Waals surface area contributed by atoms with Crippen molar-refractivity contribution in [1.82, 2.24) is 5.32 Å². The minimum atomic E-state index is -0.251. The van der Waals surface area contributed by atoms with Crippen molar-refractivity contribution in [2.24, 2.45) is 0 Å². The van der Waals surface area contributed by atoms with Gasteiger partial charge in [-0.25, -0.2) is 4.39 Å². The highest BCUT2D eigenvalue weighted by molar-refractivity contribution is 5.69. The molecule has 3 nitrogen and oxygen atoms in total. The van der Waals surface area contributed by atoms with Crippen LogP contribution in [0.3, 0.4) is 0 Å². The highest BCUT2D eigenvalue weighted by Crippen LogP contribution is 2.04. The van der Waals surface area contributed by atoms with Crippen LogP contribution in [-0.4, -0.2) is 19.1 Å². The van der Waals surface area contributed by atoms with Gasteiger partial charge < -0.3 is 10.1 Å². The number of methoxy groups -OCH3 is 1. The van der Waals surface area contributed by atoms with E-state index in [2.05, 4.69) is 10.1 Å². The standard InChI is InChI=1S/C12H16FNO2/c1-9(6-12(15)16-2)14-8-10-4-3-5-11(13)7-10/h3-5,7,9,14H,6,8H2,1-2H3/t9-/m1/s1. The summed E-state index contributed by atoms with van der Waals surface area (Å²) in [6.07, 6.45) is 0.311. The Morgan fingerprint density at radius 3 is 2.94 bits per heavy atom. The normalized spacial score (nSPS) is 12.2. The first-order valence-electron chi connectivity index (χ1n) is 5.16. The molecule has 0 unspecified atom stereocenters. The number of carbonyl (C=O) groups is 1. The van der Waals surface area contributed by atoms with Crippen molar-refractivity contribution in [1.29, 1.82) is 0 Å². The van der Waals surface area contributed by atoms with E-state index in [0.29, 0.717) is 13.0 Å². The third-order valence-electron chi connectivity index (χ3n) is 2.24. The second kappa shape index (κ2) is 6.23. The first-order chi connectivity index (χ1) is 7.61. The Balaban J connectivity index is 2.37. The van der Waals surface area contributed by atoms with Crippen molar-refractivity contribution in [3.63, 3.8) is 0 Å². The molecule has 0 fully saturated rings. The van der Waals surface area contributed by atoms with Crippen LogP contribution in [0.25, 0.3) is 0 Å². The number of hydrogen-bond donors (Lipinski definition) is 1. The number of halogens is 1. The minimum absolute atomic E-state index is 0.00992. The first-order valence-corrected chi connectivity index (χ1v) is 5.16. The van der Waals surface area contributed by atoms with E-state index in [-0.39, 0.29) is 17.8 Å². The lowest BCUT2D eigenvalue weighted by Crippen LogP contribution is -2.28. The SMILES string of the molecule is COC(=O)C[C@@H](C)NCc1cccc(F)c1. The Kier molecular flexibility index (Phi) is 4.92. The molecule has 1 aromatic carbocycles. The number of esters is 1. The van der Waals surface area contributed by atoms with Crippen molar-refractivity contribution in [2.45, 2.75) is 25.9 Å². The van der Waals surface area contributed by atoms with Crippen LogP contribution in [0.1, 0.15) is 18.9 Å². The molecule has 0 aromatic heterocycles. The molecule has 0 saturated heterocycles. The van der Waals surface area contributed by atoms with Crippen LogP contribution in [0.2, 0.25) is 0 Å². The third kappa shape index (κ3) is 4.40. The summed E-state index contributed by atoms with van der Waals surface area (Å²) in [7, 11) is 1.36. The first kappa shape index (κ1) is 12.6. The van der Waals surface area contributed by atoms with Gasteiger partial charge in [0, 0.05) is 12.6 Å². The molecule has 0 aliphatic heterocycles. The van der Waals surface area contributed by atoms with Crippen LogP contribution in [0.4, 0.5) is 4.39 Å². The molecule has 0 radical (unpaired) electrons. The summed E-state index contributed by atoms with van der Waals surface area (Å²) in [6.45, 7) is 2.42. The van der Waals surface area contributed by atoms with Crippen molar-refractivity contribution in [2.75, 3.05) is 7.11 Å². The maximum Gasteiger partial charge on any atom is 0.307 e. The van der Waals surface area contributed by atoms with Crippen molar-refractivity contribution >= 4 is 5.97 Å². The fourth-order valence-corrected chi connectivity index (χ4v) is 1.34. The molecule has 16 heavy (non-hydrogen) atoms. The number of ether oxygens (including phenoxy) is 1. The monoisotopic (exact) mass is 225 g/mol. The molecule has 0 spiro atoms. The molecule has 1 atom stereocenters. The van der Waals surface area contributed by atoms with E-state index in [0.717, 1.165) is 5.56 Å². The molecule has 1 N–H and O–H groups in total. The van der Waals surface area contributed by atoms with Crippen LogP contribution < -0.4 is 5.32 Å². The molecule has 0 amide bonds. The number of carbonyl (C=O) groups excluding carboxylic acids is 1. The number of benzene rings is 1. The van der Waals surface area contributed by atoms with Gasteiger partial charge >= 0.3 is 5.97 Å². The van der Waals surface area contributed by atoms with E-state index in [4.69, 9.17) is 0 Å². The van der Waals surface area contributed by atoms with Crippen LogP contribution in [-0.2, 0) is 16.1 Å². The Hall–Kier alpha value is -1.42. The summed E-state index contributed by atoms with van der Waals surface area (Å²) >= 11 is 0. The second-order valence-corrected chi connectivity index (χ2v) is 3.69. The molecule has 0 aliphatic rings. The summed E-state index contributed by atoms with van der Waals surface area (Å²) in [5.74, 6) is -0.501. The van der Waals surface area contributed by atoms with Gasteiger partial charge in [0.05, 0.1) is 13.5 Å². The molecule has 0 heterocycles. The van der Waals surface area contributed by atoms with E-state index in [1.165, 1.54) is 19.2 Å². The topological polar surface area (TPSA) is 38.3 Å². The molecule has 1 aromatic rings. The Morgan fingerprint density at radius 2 is 2.31 bits per heavy atom. The summed E-state index contributed by atoms with van der Waals surface area (Å²) in [6, 6.07) is 6.38. The molecule has 1 rings (SSSR count). The van der Waals surface area contributed by atoms with Gasteiger partial charge in [-0.1, -0.05) is 12.1 Å². The zero-order valence-electron chi connectivity index (χ0n) is 9.50. The number of hydrogen-bond acceptors (Lipinski definition) is 3. The quantitative estimate of drug-likeness (QED) is 0.777. The van der Waals surface area contributed by atoms with E-state index in [1.54, 1.807) is 6.07 Å². The Morgan fingerprint density at radius 1 is 1.56 bits per heavy atom. The lowest BCUT2D eigenvalue weighted by molar-refractivity contribution is -0.141. The van der Waals surface area contributed by atoms with Crippen molar-refractivity contribution < 1.29 is 13.9 Å². The smallest absolute Gasteiger partial charge is 0.307 e. The number of nitrogens with one attached hydrogen (secondary N) is 1. The fourth-order valence-electron chi connectivity index (χ4n) is 1.34. The molecule has 88 valence electrons. The van der Waals surface area contributed by atoms with Gasteiger partial charge in [0.15, 0.2) is 0 Å². The van der Waals surface area contributed by atoms with Crippen LogP contribution in [0.5, 0.6) is 0 Å². The fraction of sp³-hybridized carbons (Fsp3) is 0.417. The molecule has 0 saturated carbocycles. The van der Waals surface area contributed by atoms with Gasteiger partial charge in [0.2, 0.25) is 0 Å². The zero-order valence-corrected chi connectivity index (χ0v) is 9.50. The van der Waals surface area contributed by atoms with Gasteiger partial charge in [-0.05, 0) is 24.6 Å². The van der Waals surface area contributed by atoms with Gasteiger partial charge in [-0.3, -0.25) is 4.79 Å².